The van der Waals surface area contributed by atoms with Crippen LogP contribution in [0.15, 0.2) is 16.3 Å². The van der Waals surface area contributed by atoms with Crippen LogP contribution in [0.25, 0.3) is 0 Å². The Hall–Kier alpha value is -0.520. The highest BCUT2D eigenvalue weighted by atomic mass is 32.1. The van der Waals surface area contributed by atoms with Gasteiger partial charge in [0.1, 0.15) is 0 Å². The van der Waals surface area contributed by atoms with Crippen molar-refractivity contribution in [1.29, 1.82) is 0 Å². The van der Waals surface area contributed by atoms with Crippen molar-refractivity contribution < 1.29 is 9.90 Å². The van der Waals surface area contributed by atoms with E-state index in [1.165, 1.54) is 11.3 Å². The van der Waals surface area contributed by atoms with Crippen LogP contribution >= 0.6 is 24.0 Å². The molecule has 0 aliphatic heterocycles. The van der Waals surface area contributed by atoms with Gasteiger partial charge in [-0.25, -0.2) is 0 Å². The van der Waals surface area contributed by atoms with Crippen LogP contribution in [0.4, 0.5) is 0 Å². The summed E-state index contributed by atoms with van der Waals surface area (Å²) in [5, 5.41) is 10.7. The standard InChI is InChI=1S/C11H17NO2S2/c1-8(2)12(4-3-5-13)11(14)10-6-9(15)7-16-10/h6-8,13,15H,3-5H2,1-2H3. The normalized spacial score (nSPS) is 10.8. The molecule has 0 atom stereocenters. The van der Waals surface area contributed by atoms with Gasteiger partial charge in [-0.2, -0.15) is 0 Å². The van der Waals surface area contributed by atoms with Crippen molar-refractivity contribution in [3.8, 4) is 0 Å². The Morgan fingerprint density at radius 3 is 2.75 bits per heavy atom. The van der Waals surface area contributed by atoms with Crippen LogP contribution in [0.2, 0.25) is 0 Å². The molecule has 1 heterocycles. The Balaban J connectivity index is 2.74. The molecule has 1 aromatic heterocycles. The number of thiophene rings is 1. The number of amides is 1. The Labute approximate surface area is 105 Å². The largest absolute Gasteiger partial charge is 0.396 e. The zero-order chi connectivity index (χ0) is 12.1. The Morgan fingerprint density at radius 1 is 1.62 bits per heavy atom. The average Bonchev–Trinajstić information content (AvgIpc) is 2.64. The smallest absolute Gasteiger partial charge is 0.264 e. The number of aliphatic hydroxyl groups is 1. The lowest BCUT2D eigenvalue weighted by Crippen LogP contribution is -2.37. The molecule has 1 N–H and O–H groups in total. The number of rotatable bonds is 5. The second-order valence-electron chi connectivity index (χ2n) is 3.84. The average molecular weight is 259 g/mol. The monoisotopic (exact) mass is 259 g/mol. The minimum atomic E-state index is 0.0220. The third kappa shape index (κ3) is 3.50. The molecule has 0 saturated carbocycles. The van der Waals surface area contributed by atoms with E-state index in [2.05, 4.69) is 12.6 Å². The first-order chi connectivity index (χ1) is 7.56. The molecule has 0 bridgehead atoms. The predicted molar refractivity (Wildman–Crippen MR) is 69.4 cm³/mol. The van der Waals surface area contributed by atoms with Gasteiger partial charge in [-0.1, -0.05) is 0 Å². The summed E-state index contributed by atoms with van der Waals surface area (Å²) < 4.78 is 0. The zero-order valence-corrected chi connectivity index (χ0v) is 11.2. The number of aliphatic hydroxyl groups excluding tert-OH is 1. The Morgan fingerprint density at radius 2 is 2.31 bits per heavy atom. The van der Waals surface area contributed by atoms with Crippen LogP contribution in [0.3, 0.4) is 0 Å². The SMILES string of the molecule is CC(C)N(CCCO)C(=O)c1cc(S)cs1. The first-order valence-electron chi connectivity index (χ1n) is 5.25. The lowest BCUT2D eigenvalue weighted by Gasteiger charge is -2.25. The van der Waals surface area contributed by atoms with Gasteiger partial charge in [-0.3, -0.25) is 4.79 Å². The van der Waals surface area contributed by atoms with Crippen molar-refractivity contribution in [1.82, 2.24) is 4.90 Å². The molecule has 5 heteroatoms. The number of hydrogen-bond acceptors (Lipinski definition) is 4. The van der Waals surface area contributed by atoms with Gasteiger partial charge in [0, 0.05) is 29.5 Å². The van der Waals surface area contributed by atoms with Crippen LogP contribution in [-0.2, 0) is 0 Å². The summed E-state index contributed by atoms with van der Waals surface area (Å²) in [5.41, 5.74) is 0. The summed E-state index contributed by atoms with van der Waals surface area (Å²) in [6.45, 7) is 4.65. The van der Waals surface area contributed by atoms with Crippen molar-refractivity contribution in [2.24, 2.45) is 0 Å². The molecule has 90 valence electrons. The molecule has 1 aromatic rings. The van der Waals surface area contributed by atoms with Gasteiger partial charge in [-0.05, 0) is 26.3 Å². The number of thiol groups is 1. The Kier molecular flexibility index (Phi) is 5.31. The van der Waals surface area contributed by atoms with Crippen LogP contribution < -0.4 is 0 Å². The van der Waals surface area contributed by atoms with Gasteiger partial charge in [0.2, 0.25) is 0 Å². The van der Waals surface area contributed by atoms with Crippen LogP contribution in [0.5, 0.6) is 0 Å². The lowest BCUT2D eigenvalue weighted by molar-refractivity contribution is 0.0698. The maximum absolute atomic E-state index is 12.1. The van der Waals surface area contributed by atoms with Crippen LogP contribution in [0.1, 0.15) is 29.9 Å². The molecule has 0 spiro atoms. The molecule has 0 unspecified atom stereocenters. The van der Waals surface area contributed by atoms with E-state index in [-0.39, 0.29) is 18.6 Å². The van der Waals surface area contributed by atoms with Gasteiger partial charge in [0.25, 0.3) is 5.91 Å². The zero-order valence-electron chi connectivity index (χ0n) is 9.51. The minimum absolute atomic E-state index is 0.0220. The molecule has 0 aliphatic carbocycles. The third-order valence-corrected chi connectivity index (χ3v) is 3.59. The molecule has 1 rings (SSSR count). The second-order valence-corrected chi connectivity index (χ2v) is 5.27. The number of nitrogens with zero attached hydrogens (tertiary/aromatic N) is 1. The summed E-state index contributed by atoms with van der Waals surface area (Å²) in [6.07, 6.45) is 0.614. The van der Waals surface area contributed by atoms with Gasteiger partial charge in [-0.15, -0.1) is 24.0 Å². The topological polar surface area (TPSA) is 40.5 Å². The van der Waals surface area contributed by atoms with E-state index in [1.54, 1.807) is 11.0 Å². The van der Waals surface area contributed by atoms with E-state index in [0.29, 0.717) is 17.8 Å². The molecular formula is C11H17NO2S2. The van der Waals surface area contributed by atoms with Gasteiger partial charge >= 0.3 is 0 Å². The molecule has 0 radical (unpaired) electrons. The van der Waals surface area contributed by atoms with Crippen LogP contribution in [0, 0.1) is 0 Å². The summed E-state index contributed by atoms with van der Waals surface area (Å²) in [4.78, 5) is 15.4. The number of carbonyl (C=O) groups excluding carboxylic acids is 1. The molecule has 3 nitrogen and oxygen atoms in total. The van der Waals surface area contributed by atoms with Gasteiger partial charge in [0.05, 0.1) is 4.88 Å². The van der Waals surface area contributed by atoms with Crippen molar-refractivity contribution in [3.05, 3.63) is 16.3 Å². The molecular weight excluding hydrogens is 242 g/mol. The quantitative estimate of drug-likeness (QED) is 0.796. The number of carbonyl (C=O) groups is 1. The summed E-state index contributed by atoms with van der Waals surface area (Å²) >= 11 is 5.60. The predicted octanol–water partition coefficient (Wildman–Crippen LogP) is 2.27. The highest BCUT2D eigenvalue weighted by molar-refractivity contribution is 7.80. The number of hydrogen-bond donors (Lipinski definition) is 2. The fourth-order valence-electron chi connectivity index (χ4n) is 1.42. The highest BCUT2D eigenvalue weighted by Gasteiger charge is 2.19. The van der Waals surface area contributed by atoms with E-state index < -0.39 is 0 Å². The third-order valence-electron chi connectivity index (χ3n) is 2.24. The van der Waals surface area contributed by atoms with Crippen molar-refractivity contribution in [3.63, 3.8) is 0 Å². The maximum atomic E-state index is 12.1. The van der Waals surface area contributed by atoms with Crippen molar-refractivity contribution in [2.45, 2.75) is 31.2 Å². The molecule has 16 heavy (non-hydrogen) atoms. The minimum Gasteiger partial charge on any atom is -0.396 e. The fourth-order valence-corrected chi connectivity index (χ4v) is 2.52. The molecule has 0 aliphatic rings. The van der Waals surface area contributed by atoms with Crippen molar-refractivity contribution in [2.75, 3.05) is 13.2 Å². The molecule has 0 saturated heterocycles. The van der Waals surface area contributed by atoms with Crippen molar-refractivity contribution >= 4 is 29.9 Å². The lowest BCUT2D eigenvalue weighted by atomic mass is 10.2. The van der Waals surface area contributed by atoms with E-state index >= 15 is 0 Å². The van der Waals surface area contributed by atoms with Gasteiger partial charge < -0.3 is 10.0 Å². The van der Waals surface area contributed by atoms with E-state index in [9.17, 15) is 4.79 Å². The molecule has 0 aromatic carbocycles. The second kappa shape index (κ2) is 6.27. The van der Waals surface area contributed by atoms with E-state index in [1.807, 2.05) is 19.2 Å². The maximum Gasteiger partial charge on any atom is 0.264 e. The fraction of sp³-hybridized carbons (Fsp3) is 0.545. The summed E-state index contributed by atoms with van der Waals surface area (Å²) in [5.74, 6) is 0.0220. The Bertz CT molecular complexity index is 350. The molecule has 1 amide bonds. The first kappa shape index (κ1) is 13.5. The highest BCUT2D eigenvalue weighted by Crippen LogP contribution is 2.20. The summed E-state index contributed by atoms with van der Waals surface area (Å²) in [6, 6.07) is 1.93. The molecule has 0 fully saturated rings. The van der Waals surface area contributed by atoms with E-state index in [4.69, 9.17) is 5.11 Å². The summed E-state index contributed by atoms with van der Waals surface area (Å²) in [7, 11) is 0. The first-order valence-corrected chi connectivity index (χ1v) is 6.58. The van der Waals surface area contributed by atoms with Gasteiger partial charge in [0.15, 0.2) is 0 Å². The van der Waals surface area contributed by atoms with E-state index in [0.717, 1.165) is 4.90 Å². The van der Waals surface area contributed by atoms with Crippen LogP contribution in [-0.4, -0.2) is 35.1 Å².